The number of pyridine rings is 1. The van der Waals surface area contributed by atoms with Gasteiger partial charge in [0.2, 0.25) is 0 Å². The number of nitro benzene ring substituents is 1. The predicted octanol–water partition coefficient (Wildman–Crippen LogP) is 2.71. The van der Waals surface area contributed by atoms with Gasteiger partial charge >= 0.3 is 5.69 Å². The summed E-state index contributed by atoms with van der Waals surface area (Å²) in [4.78, 5) is 14.7. The number of nitrogens with zero attached hydrogens (tertiary/aromatic N) is 2. The number of hydrogen-bond acceptors (Lipinski definition) is 5. The molecule has 0 spiro atoms. The maximum atomic E-state index is 11.0. The molecule has 0 radical (unpaired) electrons. The molecule has 0 aliphatic rings. The first-order chi connectivity index (χ1) is 9.60. The van der Waals surface area contributed by atoms with Gasteiger partial charge in [0.15, 0.2) is 5.75 Å². The SMILES string of the molecule is CCc1ccc(OCc2cc(N)ccn2)c([N+](=O)[O-])c1. The van der Waals surface area contributed by atoms with E-state index >= 15 is 0 Å². The van der Waals surface area contributed by atoms with Gasteiger partial charge in [-0.25, -0.2) is 0 Å². The van der Waals surface area contributed by atoms with Gasteiger partial charge in [-0.3, -0.25) is 15.1 Å². The lowest BCUT2D eigenvalue weighted by Crippen LogP contribution is -2.02. The molecule has 2 rings (SSSR count). The molecule has 104 valence electrons. The summed E-state index contributed by atoms with van der Waals surface area (Å²) in [6.45, 7) is 2.08. The Bertz CT molecular complexity index is 629. The van der Waals surface area contributed by atoms with Crippen molar-refractivity contribution in [1.82, 2.24) is 4.98 Å². The van der Waals surface area contributed by atoms with Crippen molar-refractivity contribution in [2.24, 2.45) is 0 Å². The molecular formula is C14H15N3O3. The van der Waals surface area contributed by atoms with E-state index < -0.39 is 4.92 Å². The molecule has 0 atom stereocenters. The van der Waals surface area contributed by atoms with Crippen LogP contribution in [0.1, 0.15) is 18.2 Å². The van der Waals surface area contributed by atoms with E-state index in [2.05, 4.69) is 4.98 Å². The zero-order valence-electron chi connectivity index (χ0n) is 11.1. The van der Waals surface area contributed by atoms with E-state index in [1.807, 2.05) is 13.0 Å². The highest BCUT2D eigenvalue weighted by atomic mass is 16.6. The molecule has 1 aromatic carbocycles. The normalized spacial score (nSPS) is 10.2. The molecular weight excluding hydrogens is 258 g/mol. The lowest BCUT2D eigenvalue weighted by molar-refractivity contribution is -0.386. The summed E-state index contributed by atoms with van der Waals surface area (Å²) in [6.07, 6.45) is 2.31. The summed E-state index contributed by atoms with van der Waals surface area (Å²) in [5.41, 5.74) is 7.70. The van der Waals surface area contributed by atoms with Crippen molar-refractivity contribution < 1.29 is 9.66 Å². The second-order valence-corrected chi connectivity index (χ2v) is 4.28. The van der Waals surface area contributed by atoms with E-state index in [1.165, 1.54) is 6.07 Å². The minimum atomic E-state index is -0.443. The van der Waals surface area contributed by atoms with Crippen LogP contribution in [0.5, 0.6) is 5.75 Å². The molecule has 1 heterocycles. The van der Waals surface area contributed by atoms with E-state index in [0.717, 1.165) is 12.0 Å². The number of aromatic nitrogens is 1. The smallest absolute Gasteiger partial charge is 0.311 e. The van der Waals surface area contributed by atoms with Crippen LogP contribution in [0.15, 0.2) is 36.5 Å². The molecule has 6 nitrogen and oxygen atoms in total. The molecule has 0 unspecified atom stereocenters. The van der Waals surface area contributed by atoms with Crippen LogP contribution in [0.2, 0.25) is 0 Å². The van der Waals surface area contributed by atoms with Crippen LogP contribution in [-0.4, -0.2) is 9.91 Å². The Labute approximate surface area is 116 Å². The minimum absolute atomic E-state index is 0.0340. The van der Waals surface area contributed by atoms with Gasteiger partial charge in [0, 0.05) is 18.0 Å². The van der Waals surface area contributed by atoms with Crippen molar-refractivity contribution in [2.75, 3.05) is 5.73 Å². The maximum absolute atomic E-state index is 11.0. The zero-order valence-corrected chi connectivity index (χ0v) is 11.1. The van der Waals surface area contributed by atoms with Crippen LogP contribution >= 0.6 is 0 Å². The third kappa shape index (κ3) is 3.23. The predicted molar refractivity (Wildman–Crippen MR) is 75.5 cm³/mol. The van der Waals surface area contributed by atoms with Crippen LogP contribution in [0.3, 0.4) is 0 Å². The first-order valence-electron chi connectivity index (χ1n) is 6.20. The highest BCUT2D eigenvalue weighted by Crippen LogP contribution is 2.28. The van der Waals surface area contributed by atoms with E-state index in [0.29, 0.717) is 11.4 Å². The number of anilines is 1. The molecule has 0 saturated heterocycles. The Balaban J connectivity index is 2.18. The minimum Gasteiger partial charge on any atom is -0.480 e. The molecule has 6 heteroatoms. The topological polar surface area (TPSA) is 91.3 Å². The highest BCUT2D eigenvalue weighted by molar-refractivity contribution is 5.48. The number of nitrogens with two attached hydrogens (primary N) is 1. The van der Waals surface area contributed by atoms with Gasteiger partial charge in [-0.05, 0) is 30.2 Å². The van der Waals surface area contributed by atoms with Crippen LogP contribution in [0.25, 0.3) is 0 Å². The number of ether oxygens (including phenoxy) is 1. The van der Waals surface area contributed by atoms with Crippen LogP contribution < -0.4 is 10.5 Å². The van der Waals surface area contributed by atoms with Gasteiger partial charge in [-0.1, -0.05) is 13.0 Å². The number of nitrogen functional groups attached to an aromatic ring is 1. The van der Waals surface area contributed by atoms with E-state index in [4.69, 9.17) is 10.5 Å². The summed E-state index contributed by atoms with van der Waals surface area (Å²) in [5.74, 6) is 0.233. The van der Waals surface area contributed by atoms with E-state index in [-0.39, 0.29) is 18.0 Å². The molecule has 2 aromatic rings. The fourth-order valence-corrected chi connectivity index (χ4v) is 1.78. The number of aryl methyl sites for hydroxylation is 1. The van der Waals surface area contributed by atoms with Gasteiger partial charge in [0.25, 0.3) is 0 Å². The fraction of sp³-hybridized carbons (Fsp3) is 0.214. The van der Waals surface area contributed by atoms with Gasteiger partial charge in [0.05, 0.1) is 10.6 Å². The first kappa shape index (κ1) is 13.8. The average molecular weight is 273 g/mol. The Morgan fingerprint density at radius 1 is 1.35 bits per heavy atom. The van der Waals surface area contributed by atoms with Crippen molar-refractivity contribution >= 4 is 11.4 Å². The van der Waals surface area contributed by atoms with E-state index in [9.17, 15) is 10.1 Å². The average Bonchev–Trinajstić information content (AvgIpc) is 2.45. The lowest BCUT2D eigenvalue weighted by Gasteiger charge is -2.07. The second-order valence-electron chi connectivity index (χ2n) is 4.28. The van der Waals surface area contributed by atoms with Crippen molar-refractivity contribution in [1.29, 1.82) is 0 Å². The summed E-state index contributed by atoms with van der Waals surface area (Å²) < 4.78 is 5.48. The van der Waals surface area contributed by atoms with Crippen molar-refractivity contribution in [3.8, 4) is 5.75 Å². The Morgan fingerprint density at radius 2 is 2.15 bits per heavy atom. The Hall–Kier alpha value is -2.63. The Morgan fingerprint density at radius 3 is 2.80 bits per heavy atom. The molecule has 0 saturated carbocycles. The highest BCUT2D eigenvalue weighted by Gasteiger charge is 2.15. The fourth-order valence-electron chi connectivity index (χ4n) is 1.78. The molecule has 0 amide bonds. The number of rotatable bonds is 5. The van der Waals surface area contributed by atoms with Crippen molar-refractivity contribution in [2.45, 2.75) is 20.0 Å². The lowest BCUT2D eigenvalue weighted by atomic mass is 10.1. The number of nitro groups is 1. The van der Waals surface area contributed by atoms with Crippen molar-refractivity contribution in [3.05, 3.63) is 57.9 Å². The molecule has 0 aliphatic heterocycles. The largest absolute Gasteiger partial charge is 0.480 e. The third-order valence-electron chi connectivity index (χ3n) is 2.84. The van der Waals surface area contributed by atoms with Gasteiger partial charge in [0.1, 0.15) is 6.61 Å². The Kier molecular flexibility index (Phi) is 4.14. The summed E-state index contributed by atoms with van der Waals surface area (Å²) in [7, 11) is 0. The van der Waals surface area contributed by atoms with Gasteiger partial charge in [-0.15, -0.1) is 0 Å². The molecule has 0 aliphatic carbocycles. The quantitative estimate of drug-likeness (QED) is 0.668. The molecule has 2 N–H and O–H groups in total. The monoisotopic (exact) mass is 273 g/mol. The summed E-state index contributed by atoms with van der Waals surface area (Å²) in [6, 6.07) is 8.30. The van der Waals surface area contributed by atoms with Gasteiger partial charge < -0.3 is 10.5 Å². The van der Waals surface area contributed by atoms with E-state index in [1.54, 1.807) is 24.4 Å². The molecule has 0 fully saturated rings. The molecule has 0 bridgehead atoms. The summed E-state index contributed by atoms with van der Waals surface area (Å²) >= 11 is 0. The zero-order chi connectivity index (χ0) is 14.5. The van der Waals surface area contributed by atoms with Crippen LogP contribution in [0.4, 0.5) is 11.4 Å². The maximum Gasteiger partial charge on any atom is 0.311 e. The molecule has 1 aromatic heterocycles. The first-order valence-corrected chi connectivity index (χ1v) is 6.20. The van der Waals surface area contributed by atoms with Crippen LogP contribution in [0, 0.1) is 10.1 Å². The third-order valence-corrected chi connectivity index (χ3v) is 2.84. The molecule has 20 heavy (non-hydrogen) atoms. The van der Waals surface area contributed by atoms with Crippen molar-refractivity contribution in [3.63, 3.8) is 0 Å². The van der Waals surface area contributed by atoms with Crippen LogP contribution in [-0.2, 0) is 13.0 Å². The number of hydrogen-bond donors (Lipinski definition) is 1. The number of benzene rings is 1. The van der Waals surface area contributed by atoms with Gasteiger partial charge in [-0.2, -0.15) is 0 Å². The summed E-state index contributed by atoms with van der Waals surface area (Å²) in [5, 5.41) is 11.0. The second kappa shape index (κ2) is 6.01. The standard InChI is InChI=1S/C14H15N3O3/c1-2-10-3-4-14(13(7-10)17(18)19)20-9-12-8-11(15)5-6-16-12/h3-8H,2,9H2,1H3,(H2,15,16).